The molecule has 100 valence electrons. The number of sulfonamides is 1. The molecule has 0 amide bonds. The van der Waals surface area contributed by atoms with Crippen molar-refractivity contribution in [3.05, 3.63) is 17.7 Å². The van der Waals surface area contributed by atoms with E-state index >= 15 is 0 Å². The molecule has 1 fully saturated rings. The van der Waals surface area contributed by atoms with E-state index in [1.165, 1.54) is 16.7 Å². The lowest BCUT2D eigenvalue weighted by Crippen LogP contribution is -2.52. The molecule has 1 saturated heterocycles. The molecule has 0 bridgehead atoms. The molecule has 1 unspecified atom stereocenters. The Hall–Kier alpha value is -0.760. The molecule has 1 aromatic rings. The van der Waals surface area contributed by atoms with Gasteiger partial charge in [-0.2, -0.15) is 4.31 Å². The molecule has 18 heavy (non-hydrogen) atoms. The quantitative estimate of drug-likeness (QED) is 0.740. The highest BCUT2D eigenvalue weighted by Crippen LogP contribution is 2.20. The normalized spacial score (nSPS) is 23.2. The number of hydrogen-bond donors (Lipinski definition) is 0. The van der Waals surface area contributed by atoms with Crippen LogP contribution in [0.4, 0.5) is 0 Å². The van der Waals surface area contributed by atoms with Gasteiger partial charge in [0, 0.05) is 25.7 Å². The van der Waals surface area contributed by atoms with E-state index in [0.29, 0.717) is 13.1 Å². The van der Waals surface area contributed by atoms with Gasteiger partial charge in [0.2, 0.25) is 15.3 Å². The predicted molar refractivity (Wildman–Crippen MR) is 67.9 cm³/mol. The summed E-state index contributed by atoms with van der Waals surface area (Å²) in [7, 11) is -1.55. The van der Waals surface area contributed by atoms with Crippen LogP contribution in [0.25, 0.3) is 0 Å². The number of likely N-dealkylation sites (N-methyl/N-ethyl adjacent to an activating group) is 1. The monoisotopic (exact) mass is 290 g/mol. The van der Waals surface area contributed by atoms with E-state index in [9.17, 15) is 8.42 Å². The largest absolute Gasteiger partial charge is 0.303 e. The van der Waals surface area contributed by atoms with Gasteiger partial charge >= 0.3 is 0 Å². The Labute approximate surface area is 112 Å². The van der Waals surface area contributed by atoms with Crippen molar-refractivity contribution in [3.8, 4) is 0 Å². The topological polar surface area (TPSA) is 66.4 Å². The first kappa shape index (κ1) is 13.7. The van der Waals surface area contributed by atoms with Gasteiger partial charge in [-0.1, -0.05) is 0 Å². The fourth-order valence-corrected chi connectivity index (χ4v) is 3.65. The number of piperazine rings is 1. The van der Waals surface area contributed by atoms with Crippen molar-refractivity contribution in [2.75, 3.05) is 26.7 Å². The predicted octanol–water partition coefficient (Wildman–Crippen LogP) is 0.455. The minimum Gasteiger partial charge on any atom is -0.303 e. The van der Waals surface area contributed by atoms with Crippen LogP contribution in [-0.4, -0.2) is 60.3 Å². The second-order valence-corrected chi connectivity index (χ2v) is 6.64. The summed E-state index contributed by atoms with van der Waals surface area (Å²) in [6.45, 7) is 3.80. The Kier molecular flexibility index (Phi) is 3.86. The minimum absolute atomic E-state index is 0.0420. The molecule has 1 aliphatic heterocycles. The summed E-state index contributed by atoms with van der Waals surface area (Å²) in [6, 6.07) is -0.0653. The Morgan fingerprint density at radius 1 is 1.33 bits per heavy atom. The van der Waals surface area contributed by atoms with Crippen molar-refractivity contribution >= 4 is 21.6 Å². The van der Waals surface area contributed by atoms with Crippen LogP contribution in [-0.2, 0) is 10.0 Å². The van der Waals surface area contributed by atoms with Crippen LogP contribution >= 0.6 is 11.6 Å². The molecule has 0 aliphatic carbocycles. The second-order valence-electron chi connectivity index (χ2n) is 4.41. The maximum atomic E-state index is 12.4. The first-order chi connectivity index (χ1) is 8.41. The van der Waals surface area contributed by atoms with Crippen LogP contribution in [0.3, 0.4) is 0 Å². The summed E-state index contributed by atoms with van der Waals surface area (Å²) in [6.07, 6.45) is 2.49. The van der Waals surface area contributed by atoms with Crippen molar-refractivity contribution in [2.24, 2.45) is 0 Å². The molecule has 2 rings (SSSR count). The Balaban J connectivity index is 2.28. The molecule has 1 aromatic heterocycles. The van der Waals surface area contributed by atoms with Gasteiger partial charge in [-0.15, -0.1) is 0 Å². The first-order valence-corrected chi connectivity index (χ1v) is 7.41. The van der Waals surface area contributed by atoms with Crippen LogP contribution in [0, 0.1) is 0 Å². The van der Waals surface area contributed by atoms with Gasteiger partial charge in [0.05, 0.1) is 12.4 Å². The molecule has 1 atom stereocenters. The van der Waals surface area contributed by atoms with Gasteiger partial charge in [-0.3, -0.25) is 0 Å². The average molecular weight is 291 g/mol. The molecule has 0 saturated carbocycles. The second kappa shape index (κ2) is 5.08. The summed E-state index contributed by atoms with van der Waals surface area (Å²) in [5.41, 5.74) is 0. The Morgan fingerprint density at radius 3 is 2.50 bits per heavy atom. The van der Waals surface area contributed by atoms with Crippen molar-refractivity contribution in [1.82, 2.24) is 19.2 Å². The van der Waals surface area contributed by atoms with E-state index in [1.807, 2.05) is 14.0 Å². The van der Waals surface area contributed by atoms with Crippen molar-refractivity contribution in [3.63, 3.8) is 0 Å². The third-order valence-electron chi connectivity index (χ3n) is 2.97. The molecular weight excluding hydrogens is 276 g/mol. The summed E-state index contributed by atoms with van der Waals surface area (Å²) in [5.74, 6) is 0. The molecule has 0 radical (unpaired) electrons. The molecule has 8 heteroatoms. The van der Waals surface area contributed by atoms with Gasteiger partial charge in [0.25, 0.3) is 0 Å². The molecule has 2 heterocycles. The lowest BCUT2D eigenvalue weighted by atomic mass is 10.2. The van der Waals surface area contributed by atoms with E-state index in [-0.39, 0.29) is 16.2 Å². The number of rotatable bonds is 2. The minimum atomic E-state index is -3.53. The lowest BCUT2D eigenvalue weighted by Gasteiger charge is -2.36. The summed E-state index contributed by atoms with van der Waals surface area (Å²) in [4.78, 5) is 9.63. The van der Waals surface area contributed by atoms with E-state index in [1.54, 1.807) is 0 Å². The summed E-state index contributed by atoms with van der Waals surface area (Å²) >= 11 is 5.56. The summed E-state index contributed by atoms with van der Waals surface area (Å²) < 4.78 is 26.3. The molecule has 0 spiro atoms. The number of aromatic nitrogens is 2. The zero-order valence-electron chi connectivity index (χ0n) is 10.2. The smallest absolute Gasteiger partial charge is 0.246 e. The summed E-state index contributed by atoms with van der Waals surface area (Å²) in [5, 5.41) is 0.0420. The third kappa shape index (κ3) is 2.64. The zero-order valence-corrected chi connectivity index (χ0v) is 11.8. The lowest BCUT2D eigenvalue weighted by molar-refractivity contribution is 0.170. The maximum Gasteiger partial charge on any atom is 0.246 e. The first-order valence-electron chi connectivity index (χ1n) is 5.59. The van der Waals surface area contributed by atoms with Crippen molar-refractivity contribution < 1.29 is 8.42 Å². The van der Waals surface area contributed by atoms with E-state index in [4.69, 9.17) is 11.6 Å². The third-order valence-corrected chi connectivity index (χ3v) is 5.13. The van der Waals surface area contributed by atoms with E-state index < -0.39 is 10.0 Å². The zero-order chi connectivity index (χ0) is 13.3. The van der Waals surface area contributed by atoms with Gasteiger partial charge in [0.15, 0.2) is 0 Å². The Morgan fingerprint density at radius 2 is 1.94 bits per heavy atom. The maximum absolute atomic E-state index is 12.4. The van der Waals surface area contributed by atoms with Crippen LogP contribution in [0.2, 0.25) is 5.28 Å². The number of hydrogen-bond acceptors (Lipinski definition) is 5. The van der Waals surface area contributed by atoms with Gasteiger partial charge < -0.3 is 4.90 Å². The molecular formula is C10H15ClN4O2S. The van der Waals surface area contributed by atoms with Crippen molar-refractivity contribution in [2.45, 2.75) is 17.9 Å². The van der Waals surface area contributed by atoms with Gasteiger partial charge in [-0.05, 0) is 25.6 Å². The molecule has 0 N–H and O–H groups in total. The van der Waals surface area contributed by atoms with Crippen LogP contribution in [0.5, 0.6) is 0 Å². The standard InChI is InChI=1S/C10H15ClN4O2S/c1-8-7-14(2)3-4-15(8)18(16,17)9-5-12-10(11)13-6-9/h5-6,8H,3-4,7H2,1-2H3. The molecule has 0 aromatic carbocycles. The Bertz CT molecular complexity index is 519. The molecule has 6 nitrogen and oxygen atoms in total. The fourth-order valence-electron chi connectivity index (χ4n) is 2.05. The van der Waals surface area contributed by atoms with Gasteiger partial charge in [-0.25, -0.2) is 18.4 Å². The fraction of sp³-hybridized carbons (Fsp3) is 0.600. The highest BCUT2D eigenvalue weighted by Gasteiger charge is 2.33. The highest BCUT2D eigenvalue weighted by molar-refractivity contribution is 7.89. The highest BCUT2D eigenvalue weighted by atomic mass is 35.5. The van der Waals surface area contributed by atoms with Crippen LogP contribution in [0.1, 0.15) is 6.92 Å². The number of nitrogens with zero attached hydrogens (tertiary/aromatic N) is 4. The van der Waals surface area contributed by atoms with Crippen LogP contribution < -0.4 is 0 Å². The van der Waals surface area contributed by atoms with Crippen LogP contribution in [0.15, 0.2) is 17.3 Å². The van der Waals surface area contributed by atoms with E-state index in [0.717, 1.165) is 6.54 Å². The van der Waals surface area contributed by atoms with Crippen molar-refractivity contribution in [1.29, 1.82) is 0 Å². The van der Waals surface area contributed by atoms with E-state index in [2.05, 4.69) is 14.9 Å². The SMILES string of the molecule is CC1CN(C)CCN1S(=O)(=O)c1cnc(Cl)nc1. The molecule has 1 aliphatic rings. The van der Waals surface area contributed by atoms with Gasteiger partial charge in [0.1, 0.15) is 4.90 Å². The number of halogens is 1. The average Bonchev–Trinajstić information content (AvgIpc) is 2.29.